The summed E-state index contributed by atoms with van der Waals surface area (Å²) in [6.07, 6.45) is 7.49. The molecule has 4 aromatic rings. The third-order valence-electron chi connectivity index (χ3n) is 4.20. The molecule has 0 spiro atoms. The van der Waals surface area contributed by atoms with Gasteiger partial charge in [-0.2, -0.15) is 0 Å². The van der Waals surface area contributed by atoms with E-state index in [1.807, 2.05) is 48.8 Å². The van der Waals surface area contributed by atoms with E-state index in [1.165, 1.54) is 0 Å². The molecule has 116 valence electrons. The van der Waals surface area contributed by atoms with Gasteiger partial charge in [-0.25, -0.2) is 4.98 Å². The molecule has 0 N–H and O–H groups in total. The monoisotopic (exact) mass is 315 g/mol. The molecule has 0 saturated heterocycles. The second-order valence-electron chi connectivity index (χ2n) is 5.56. The number of nitrogens with zero attached hydrogens (tertiary/aromatic N) is 3. The summed E-state index contributed by atoms with van der Waals surface area (Å²) >= 11 is 0. The van der Waals surface area contributed by atoms with Gasteiger partial charge >= 0.3 is 0 Å². The highest BCUT2D eigenvalue weighted by atomic mass is 16.7. The summed E-state index contributed by atoms with van der Waals surface area (Å²) in [5, 5.41) is 0. The zero-order valence-corrected chi connectivity index (χ0v) is 12.7. The maximum Gasteiger partial charge on any atom is 0.231 e. The second kappa shape index (κ2) is 5.09. The fraction of sp³-hybridized carbons (Fsp3) is 0.0526. The normalized spacial score (nSPS) is 12.7. The molecule has 1 aliphatic heterocycles. The summed E-state index contributed by atoms with van der Waals surface area (Å²) in [6, 6.07) is 14.0. The van der Waals surface area contributed by atoms with Gasteiger partial charge in [-0.15, -0.1) is 0 Å². The third kappa shape index (κ3) is 1.95. The van der Waals surface area contributed by atoms with Crippen LogP contribution in [0.2, 0.25) is 0 Å². The first kappa shape index (κ1) is 13.1. The van der Waals surface area contributed by atoms with E-state index in [-0.39, 0.29) is 6.79 Å². The van der Waals surface area contributed by atoms with E-state index in [2.05, 4.69) is 20.4 Å². The van der Waals surface area contributed by atoms with Crippen LogP contribution in [0.1, 0.15) is 0 Å². The highest BCUT2D eigenvalue weighted by molar-refractivity contribution is 5.80. The third-order valence-corrected chi connectivity index (χ3v) is 4.20. The molecule has 0 saturated carbocycles. The summed E-state index contributed by atoms with van der Waals surface area (Å²) in [5.41, 5.74) is 5.14. The largest absolute Gasteiger partial charge is 0.454 e. The predicted molar refractivity (Wildman–Crippen MR) is 90.0 cm³/mol. The van der Waals surface area contributed by atoms with Crippen molar-refractivity contribution >= 4 is 5.65 Å². The Kier molecular flexibility index (Phi) is 2.79. The number of aromatic nitrogens is 3. The summed E-state index contributed by atoms with van der Waals surface area (Å²) in [6.45, 7) is 0.276. The maximum atomic E-state index is 5.48. The van der Waals surface area contributed by atoms with E-state index in [0.29, 0.717) is 0 Å². The molecule has 0 radical (unpaired) electrons. The van der Waals surface area contributed by atoms with Crippen LogP contribution >= 0.6 is 0 Å². The van der Waals surface area contributed by atoms with Crippen LogP contribution in [0.25, 0.3) is 28.0 Å². The van der Waals surface area contributed by atoms with Crippen molar-refractivity contribution in [1.29, 1.82) is 0 Å². The number of ether oxygens (including phenoxy) is 2. The van der Waals surface area contributed by atoms with Crippen LogP contribution in [0.3, 0.4) is 0 Å². The fourth-order valence-corrected chi connectivity index (χ4v) is 3.04. The molecular weight excluding hydrogens is 302 g/mol. The van der Waals surface area contributed by atoms with Crippen molar-refractivity contribution in [1.82, 2.24) is 14.4 Å². The Labute approximate surface area is 138 Å². The number of rotatable bonds is 2. The molecule has 0 fully saturated rings. The van der Waals surface area contributed by atoms with E-state index in [9.17, 15) is 0 Å². The molecule has 5 nitrogen and oxygen atoms in total. The summed E-state index contributed by atoms with van der Waals surface area (Å²) in [7, 11) is 0. The van der Waals surface area contributed by atoms with E-state index < -0.39 is 0 Å². The predicted octanol–water partition coefficient (Wildman–Crippen LogP) is 3.79. The molecule has 5 rings (SSSR count). The van der Waals surface area contributed by atoms with Crippen LogP contribution in [0, 0.1) is 0 Å². The molecule has 0 amide bonds. The molecular formula is C19H13N3O2. The molecule has 1 aliphatic rings. The van der Waals surface area contributed by atoms with Gasteiger partial charge in [0.1, 0.15) is 5.65 Å². The maximum absolute atomic E-state index is 5.48. The van der Waals surface area contributed by atoms with Gasteiger partial charge < -0.3 is 9.47 Å². The van der Waals surface area contributed by atoms with Gasteiger partial charge in [0, 0.05) is 29.7 Å². The zero-order valence-electron chi connectivity index (χ0n) is 12.7. The first-order valence-corrected chi connectivity index (χ1v) is 7.67. The van der Waals surface area contributed by atoms with Crippen molar-refractivity contribution in [3.63, 3.8) is 0 Å². The molecule has 5 heteroatoms. The van der Waals surface area contributed by atoms with Gasteiger partial charge in [0.05, 0.1) is 11.9 Å². The first-order chi connectivity index (χ1) is 11.9. The van der Waals surface area contributed by atoms with Crippen LogP contribution in [0.15, 0.2) is 67.3 Å². The Morgan fingerprint density at radius 3 is 2.71 bits per heavy atom. The van der Waals surface area contributed by atoms with Gasteiger partial charge in [0.25, 0.3) is 0 Å². The Morgan fingerprint density at radius 2 is 1.79 bits per heavy atom. The average Bonchev–Trinajstić information content (AvgIpc) is 3.28. The van der Waals surface area contributed by atoms with Crippen molar-refractivity contribution in [3.05, 3.63) is 67.3 Å². The molecule has 24 heavy (non-hydrogen) atoms. The number of hydrogen-bond donors (Lipinski definition) is 0. The molecule has 3 aromatic heterocycles. The molecule has 0 aliphatic carbocycles. The van der Waals surface area contributed by atoms with Crippen molar-refractivity contribution in [2.75, 3.05) is 6.79 Å². The van der Waals surface area contributed by atoms with E-state index >= 15 is 0 Å². The van der Waals surface area contributed by atoms with Crippen molar-refractivity contribution in [3.8, 4) is 33.9 Å². The Morgan fingerprint density at radius 1 is 0.917 bits per heavy atom. The van der Waals surface area contributed by atoms with Crippen LogP contribution in [-0.2, 0) is 0 Å². The second-order valence-corrected chi connectivity index (χ2v) is 5.56. The smallest absolute Gasteiger partial charge is 0.231 e. The van der Waals surface area contributed by atoms with Gasteiger partial charge in [0.2, 0.25) is 6.79 Å². The highest BCUT2D eigenvalue weighted by Crippen LogP contribution is 2.36. The standard InChI is InChI=1S/C19H13N3O2/c1-2-15(13-5-7-20-8-6-13)19-21-11-16(22(19)9-1)14-3-4-17-18(10-14)24-12-23-17/h1-11H,12H2. The average molecular weight is 315 g/mol. The van der Waals surface area contributed by atoms with Crippen LogP contribution in [0.5, 0.6) is 11.5 Å². The zero-order chi connectivity index (χ0) is 15.9. The highest BCUT2D eigenvalue weighted by Gasteiger charge is 2.16. The van der Waals surface area contributed by atoms with Gasteiger partial charge in [-0.3, -0.25) is 9.38 Å². The molecule has 0 bridgehead atoms. The molecule has 4 heterocycles. The van der Waals surface area contributed by atoms with Gasteiger partial charge in [-0.1, -0.05) is 0 Å². The van der Waals surface area contributed by atoms with Gasteiger partial charge in [0.15, 0.2) is 11.5 Å². The minimum atomic E-state index is 0.276. The SMILES string of the molecule is c1cc(-c2ccncc2)c2ncc(-c3ccc4c(c3)OCO4)n2c1. The summed E-state index contributed by atoms with van der Waals surface area (Å²) < 4.78 is 13.0. The number of fused-ring (bicyclic) bond motifs is 2. The van der Waals surface area contributed by atoms with E-state index in [4.69, 9.17) is 9.47 Å². The van der Waals surface area contributed by atoms with E-state index in [0.717, 1.165) is 39.5 Å². The first-order valence-electron chi connectivity index (χ1n) is 7.67. The number of pyridine rings is 2. The molecule has 0 atom stereocenters. The summed E-state index contributed by atoms with van der Waals surface area (Å²) in [5.74, 6) is 1.55. The lowest BCUT2D eigenvalue weighted by Crippen LogP contribution is -1.93. The van der Waals surface area contributed by atoms with Crippen LogP contribution in [-0.4, -0.2) is 21.2 Å². The minimum absolute atomic E-state index is 0.276. The fourth-order valence-electron chi connectivity index (χ4n) is 3.04. The van der Waals surface area contributed by atoms with Crippen molar-refractivity contribution < 1.29 is 9.47 Å². The van der Waals surface area contributed by atoms with Crippen LogP contribution in [0.4, 0.5) is 0 Å². The lowest BCUT2D eigenvalue weighted by atomic mass is 10.1. The lowest BCUT2D eigenvalue weighted by Gasteiger charge is -2.06. The minimum Gasteiger partial charge on any atom is -0.454 e. The van der Waals surface area contributed by atoms with Gasteiger partial charge in [-0.05, 0) is 48.0 Å². The number of imidazole rings is 1. The Bertz CT molecular complexity index is 1040. The summed E-state index contributed by atoms with van der Waals surface area (Å²) in [4.78, 5) is 8.72. The number of hydrogen-bond acceptors (Lipinski definition) is 4. The van der Waals surface area contributed by atoms with E-state index in [1.54, 1.807) is 12.4 Å². The van der Waals surface area contributed by atoms with Crippen molar-refractivity contribution in [2.45, 2.75) is 0 Å². The quantitative estimate of drug-likeness (QED) is 0.564. The topological polar surface area (TPSA) is 48.7 Å². The van der Waals surface area contributed by atoms with Crippen LogP contribution < -0.4 is 9.47 Å². The molecule has 0 unspecified atom stereocenters. The number of benzene rings is 1. The molecule has 1 aromatic carbocycles. The Balaban J connectivity index is 1.69. The van der Waals surface area contributed by atoms with Crippen molar-refractivity contribution in [2.24, 2.45) is 0 Å². The lowest BCUT2D eigenvalue weighted by molar-refractivity contribution is 0.174. The Hall–Kier alpha value is -3.34.